The summed E-state index contributed by atoms with van der Waals surface area (Å²) in [7, 11) is 0. The summed E-state index contributed by atoms with van der Waals surface area (Å²) in [4.78, 5) is 19.4. The Morgan fingerprint density at radius 1 is 1.28 bits per heavy atom. The number of carbonyl (C=O) groups excluding carboxylic acids is 1. The molecule has 1 aromatic carbocycles. The van der Waals surface area contributed by atoms with Gasteiger partial charge in [-0.05, 0) is 31.2 Å². The molecule has 0 radical (unpaired) electrons. The fourth-order valence-corrected chi connectivity index (χ4v) is 3.39. The molecule has 1 aliphatic rings. The largest absolute Gasteiger partial charge is 0.476 e. The van der Waals surface area contributed by atoms with E-state index in [-0.39, 0.29) is 18.1 Å². The van der Waals surface area contributed by atoms with Crippen molar-refractivity contribution in [3.8, 4) is 5.88 Å². The van der Waals surface area contributed by atoms with Crippen LogP contribution in [0.25, 0.3) is 0 Å². The van der Waals surface area contributed by atoms with Crippen LogP contribution in [0.5, 0.6) is 5.88 Å². The fraction of sp³-hybridized carbons (Fsp3) is 0.476. The van der Waals surface area contributed by atoms with E-state index in [1.54, 1.807) is 0 Å². The van der Waals surface area contributed by atoms with E-state index >= 15 is 0 Å². The van der Waals surface area contributed by atoms with Gasteiger partial charge in [0, 0.05) is 19.5 Å². The van der Waals surface area contributed by atoms with Crippen molar-refractivity contribution in [1.82, 2.24) is 15.3 Å². The second-order valence-electron chi connectivity index (χ2n) is 7.39. The topological polar surface area (TPSA) is 85.4 Å². The Morgan fingerprint density at radius 3 is 2.76 bits per heavy atom. The lowest BCUT2D eigenvalue weighted by Crippen LogP contribution is -2.40. The van der Waals surface area contributed by atoms with E-state index in [1.165, 1.54) is 13.3 Å². The molecule has 1 unspecified atom stereocenters. The van der Waals surface area contributed by atoms with Gasteiger partial charge in [-0.15, -0.1) is 0 Å². The van der Waals surface area contributed by atoms with Crippen molar-refractivity contribution in [2.75, 3.05) is 18.5 Å². The molecule has 1 heterocycles. The van der Waals surface area contributed by atoms with Gasteiger partial charge in [0.05, 0.1) is 19.3 Å². The molecule has 1 aliphatic carbocycles. The average molecular weight is 419 g/mol. The highest BCUT2D eigenvalue weighted by atomic mass is 35.5. The molecule has 2 N–H and O–H groups in total. The molecule has 0 bridgehead atoms. The third kappa shape index (κ3) is 6.58. The summed E-state index contributed by atoms with van der Waals surface area (Å²) in [5.41, 5.74) is 1.14. The highest BCUT2D eigenvalue weighted by molar-refractivity contribution is 6.34. The second kappa shape index (κ2) is 10.4. The normalized spacial score (nSPS) is 19.1. The minimum atomic E-state index is -0.0413. The minimum Gasteiger partial charge on any atom is -0.476 e. The lowest BCUT2D eigenvalue weighted by molar-refractivity contribution is -0.120. The molecule has 1 atom stereocenters. The Labute approximate surface area is 176 Å². The van der Waals surface area contributed by atoms with Gasteiger partial charge in [0.25, 0.3) is 0 Å². The molecule has 1 saturated carbocycles. The lowest BCUT2D eigenvalue weighted by Gasteiger charge is -2.35. The number of nitrogens with one attached hydrogen (secondary N) is 2. The van der Waals surface area contributed by atoms with Crippen molar-refractivity contribution in [2.24, 2.45) is 5.92 Å². The predicted molar refractivity (Wildman–Crippen MR) is 112 cm³/mol. The third-order valence-corrected chi connectivity index (χ3v) is 5.08. The number of hydrogen-bond acceptors (Lipinski definition) is 6. The van der Waals surface area contributed by atoms with Crippen LogP contribution in [0.3, 0.4) is 0 Å². The Hall–Kier alpha value is -2.38. The smallest absolute Gasteiger partial charge is 0.237 e. The number of aromatic nitrogens is 2. The van der Waals surface area contributed by atoms with E-state index in [0.29, 0.717) is 42.4 Å². The predicted octanol–water partition coefficient (Wildman–Crippen LogP) is 3.44. The molecular weight excluding hydrogens is 392 g/mol. The summed E-state index contributed by atoms with van der Waals surface area (Å²) < 4.78 is 11.6. The molecule has 7 nitrogen and oxygen atoms in total. The van der Waals surface area contributed by atoms with Crippen LogP contribution in [0.15, 0.2) is 36.7 Å². The maximum Gasteiger partial charge on any atom is 0.237 e. The zero-order chi connectivity index (χ0) is 20.6. The van der Waals surface area contributed by atoms with Gasteiger partial charge in [-0.2, -0.15) is 0 Å². The maximum absolute atomic E-state index is 11.0. The zero-order valence-electron chi connectivity index (χ0n) is 16.7. The Morgan fingerprint density at radius 2 is 2.03 bits per heavy atom. The molecule has 0 spiro atoms. The van der Waals surface area contributed by atoms with Gasteiger partial charge in [-0.1, -0.05) is 41.9 Å². The number of carbonyl (C=O) groups is 1. The first kappa shape index (κ1) is 21.3. The van der Waals surface area contributed by atoms with Gasteiger partial charge in [0.15, 0.2) is 5.82 Å². The number of halogens is 1. The van der Waals surface area contributed by atoms with Gasteiger partial charge in [0.1, 0.15) is 11.3 Å². The number of ether oxygens (including phenoxy) is 2. The number of nitrogens with zero attached hydrogens (tertiary/aromatic N) is 2. The first-order chi connectivity index (χ1) is 14.0. The highest BCUT2D eigenvalue weighted by Crippen LogP contribution is 2.33. The average Bonchev–Trinajstić information content (AvgIpc) is 2.66. The molecule has 8 heteroatoms. The van der Waals surface area contributed by atoms with Gasteiger partial charge < -0.3 is 20.1 Å². The molecule has 0 aliphatic heterocycles. The Balaban J connectivity index is 1.40. The van der Waals surface area contributed by atoms with Crippen molar-refractivity contribution in [1.29, 1.82) is 0 Å². The van der Waals surface area contributed by atoms with Crippen molar-refractivity contribution < 1.29 is 14.3 Å². The van der Waals surface area contributed by atoms with E-state index in [1.807, 2.05) is 37.3 Å². The molecule has 1 aromatic heterocycles. The molecular formula is C21H27ClN4O3. The van der Waals surface area contributed by atoms with Crippen LogP contribution >= 0.6 is 11.6 Å². The number of benzene rings is 1. The first-order valence-electron chi connectivity index (χ1n) is 9.81. The van der Waals surface area contributed by atoms with Crippen molar-refractivity contribution in [3.63, 3.8) is 0 Å². The van der Waals surface area contributed by atoms with Crippen molar-refractivity contribution >= 4 is 23.3 Å². The van der Waals surface area contributed by atoms with E-state index in [9.17, 15) is 4.79 Å². The monoisotopic (exact) mass is 418 g/mol. The summed E-state index contributed by atoms with van der Waals surface area (Å²) in [6, 6.07) is 10.0. The summed E-state index contributed by atoms with van der Waals surface area (Å²) in [5.74, 6) is 1.31. The van der Waals surface area contributed by atoms with Crippen molar-refractivity contribution in [2.45, 2.75) is 45.4 Å². The van der Waals surface area contributed by atoms with Gasteiger partial charge >= 0.3 is 0 Å². The van der Waals surface area contributed by atoms with Gasteiger partial charge in [0.2, 0.25) is 11.8 Å². The molecule has 3 rings (SSSR count). The van der Waals surface area contributed by atoms with Crippen LogP contribution in [0.2, 0.25) is 5.02 Å². The van der Waals surface area contributed by atoms with Crippen LogP contribution < -0.4 is 15.4 Å². The molecule has 1 amide bonds. The van der Waals surface area contributed by atoms with Crippen molar-refractivity contribution in [3.05, 3.63) is 47.2 Å². The second-order valence-corrected chi connectivity index (χ2v) is 7.76. The Kier molecular flexibility index (Phi) is 7.66. The molecule has 2 aromatic rings. The Bertz CT molecular complexity index is 800. The quantitative estimate of drug-likeness (QED) is 0.614. The molecule has 29 heavy (non-hydrogen) atoms. The number of amides is 1. The van der Waals surface area contributed by atoms with Crippen LogP contribution in [0.1, 0.15) is 32.3 Å². The minimum absolute atomic E-state index is 0.0180. The van der Waals surface area contributed by atoms with Crippen LogP contribution in [0, 0.1) is 5.92 Å². The first-order valence-corrected chi connectivity index (χ1v) is 10.2. The zero-order valence-corrected chi connectivity index (χ0v) is 17.5. The summed E-state index contributed by atoms with van der Waals surface area (Å²) in [6.07, 6.45) is 3.51. The standard InChI is InChI=1S/C21H27ClN4O3/c1-14(26-15(2)27)11-28-18-8-17(9-18)12-29-21-19(22)20(24-13-25-21)23-10-16-6-4-3-5-7-16/h3-7,13-14,17-18H,8-12H2,1-2H3,(H,26,27)(H,23,24,25). The van der Waals surface area contributed by atoms with Gasteiger partial charge in [-0.3, -0.25) is 4.79 Å². The summed E-state index contributed by atoms with van der Waals surface area (Å²) in [5, 5.41) is 6.42. The highest BCUT2D eigenvalue weighted by Gasteiger charge is 2.31. The van der Waals surface area contributed by atoms with Crippen LogP contribution in [0.4, 0.5) is 5.82 Å². The summed E-state index contributed by atoms with van der Waals surface area (Å²) in [6.45, 7) is 5.12. The van der Waals surface area contributed by atoms with Gasteiger partial charge in [-0.25, -0.2) is 9.97 Å². The lowest BCUT2D eigenvalue weighted by atomic mass is 9.83. The molecule has 1 fully saturated rings. The van der Waals surface area contributed by atoms with E-state index < -0.39 is 0 Å². The van der Waals surface area contributed by atoms with E-state index in [0.717, 1.165) is 18.4 Å². The van der Waals surface area contributed by atoms with Crippen LogP contribution in [-0.4, -0.2) is 41.2 Å². The maximum atomic E-state index is 11.0. The van der Waals surface area contributed by atoms with E-state index in [2.05, 4.69) is 20.6 Å². The third-order valence-electron chi connectivity index (χ3n) is 4.74. The summed E-state index contributed by atoms with van der Waals surface area (Å²) >= 11 is 6.40. The van der Waals surface area contributed by atoms with Crippen LogP contribution in [-0.2, 0) is 16.1 Å². The molecule has 156 valence electrons. The SMILES string of the molecule is CC(=O)NC(C)COC1CC(COc2ncnc(NCc3ccccc3)c2Cl)C1. The number of rotatable bonds is 10. The fourth-order valence-electron chi connectivity index (χ4n) is 3.17. The number of anilines is 1. The van der Waals surface area contributed by atoms with E-state index in [4.69, 9.17) is 21.1 Å². The molecule has 0 saturated heterocycles. The number of hydrogen-bond donors (Lipinski definition) is 2.